The molecule has 4 nitrogen and oxygen atoms in total. The average molecular weight is 346 g/mol. The van der Waals surface area contributed by atoms with E-state index in [4.69, 9.17) is 32.7 Å². The molecule has 0 aromatic heterocycles. The highest BCUT2D eigenvalue weighted by molar-refractivity contribution is 6.35. The van der Waals surface area contributed by atoms with Crippen LogP contribution in [0.1, 0.15) is 19.8 Å². The second-order valence-corrected chi connectivity index (χ2v) is 6.28. The van der Waals surface area contributed by atoms with Crippen LogP contribution in [0.15, 0.2) is 18.2 Å². The molecule has 0 radical (unpaired) electrons. The summed E-state index contributed by atoms with van der Waals surface area (Å²) in [5.41, 5.74) is 0. The van der Waals surface area contributed by atoms with Crippen LogP contribution < -0.4 is 4.74 Å². The number of hydrogen-bond acceptors (Lipinski definition) is 3. The average Bonchev–Trinajstić information content (AvgIpc) is 2.95. The molecule has 22 heavy (non-hydrogen) atoms. The van der Waals surface area contributed by atoms with Gasteiger partial charge in [-0.25, -0.2) is 0 Å². The number of hydrogen-bond donors (Lipinski definition) is 0. The molecular formula is C16H21Cl2NO3. The zero-order valence-corrected chi connectivity index (χ0v) is 14.2. The van der Waals surface area contributed by atoms with Crippen molar-refractivity contribution in [1.29, 1.82) is 0 Å². The number of rotatable bonds is 7. The van der Waals surface area contributed by atoms with Crippen LogP contribution in [0.4, 0.5) is 0 Å². The van der Waals surface area contributed by atoms with Gasteiger partial charge in [-0.1, -0.05) is 30.1 Å². The molecule has 1 atom stereocenters. The fourth-order valence-electron chi connectivity index (χ4n) is 2.41. The van der Waals surface area contributed by atoms with Crippen molar-refractivity contribution in [1.82, 2.24) is 4.90 Å². The van der Waals surface area contributed by atoms with E-state index in [0.29, 0.717) is 21.7 Å². The fraction of sp³-hybridized carbons (Fsp3) is 0.562. The molecule has 1 saturated heterocycles. The lowest BCUT2D eigenvalue weighted by molar-refractivity contribution is -0.132. The van der Waals surface area contributed by atoms with Crippen molar-refractivity contribution in [3.8, 4) is 5.75 Å². The highest BCUT2D eigenvalue weighted by Crippen LogP contribution is 2.27. The Labute approximate surface area is 141 Å². The Bertz CT molecular complexity index is 510. The Morgan fingerprint density at radius 2 is 2.23 bits per heavy atom. The summed E-state index contributed by atoms with van der Waals surface area (Å²) >= 11 is 11.8. The topological polar surface area (TPSA) is 38.8 Å². The highest BCUT2D eigenvalue weighted by atomic mass is 35.5. The summed E-state index contributed by atoms with van der Waals surface area (Å²) < 4.78 is 11.0. The molecule has 6 heteroatoms. The lowest BCUT2D eigenvalue weighted by Crippen LogP contribution is -2.33. The van der Waals surface area contributed by atoms with Gasteiger partial charge in [0, 0.05) is 30.6 Å². The highest BCUT2D eigenvalue weighted by Gasteiger charge is 2.26. The molecule has 1 aromatic carbocycles. The molecule has 122 valence electrons. The lowest BCUT2D eigenvalue weighted by atomic mass is 10.1. The molecule has 0 N–H and O–H groups in total. The largest absolute Gasteiger partial charge is 0.482 e. The number of halogens is 2. The lowest BCUT2D eigenvalue weighted by Gasteiger charge is -2.17. The summed E-state index contributed by atoms with van der Waals surface area (Å²) in [5.74, 6) is 0.875. The van der Waals surface area contributed by atoms with Gasteiger partial charge in [-0.2, -0.15) is 0 Å². The summed E-state index contributed by atoms with van der Waals surface area (Å²) in [7, 11) is 0. The first-order valence-corrected chi connectivity index (χ1v) is 8.29. The maximum Gasteiger partial charge on any atom is 0.260 e. The molecule has 1 amide bonds. The van der Waals surface area contributed by atoms with Crippen LogP contribution in [-0.2, 0) is 9.53 Å². The number of benzene rings is 1. The van der Waals surface area contributed by atoms with Gasteiger partial charge in [0.15, 0.2) is 6.61 Å². The van der Waals surface area contributed by atoms with Gasteiger partial charge in [0.1, 0.15) is 5.75 Å². The fourth-order valence-corrected chi connectivity index (χ4v) is 2.88. The quantitative estimate of drug-likeness (QED) is 0.708. The van der Waals surface area contributed by atoms with E-state index in [1.165, 1.54) is 0 Å². The predicted octanol–water partition coefficient (Wildman–Crippen LogP) is 3.65. The van der Waals surface area contributed by atoms with E-state index < -0.39 is 0 Å². The van der Waals surface area contributed by atoms with E-state index in [9.17, 15) is 4.79 Å². The smallest absolute Gasteiger partial charge is 0.260 e. The Hall–Kier alpha value is -0.970. The number of likely N-dealkylation sites (tertiary alicyclic amines) is 1. The molecule has 1 aliphatic heterocycles. The monoisotopic (exact) mass is 345 g/mol. The number of carbonyl (C=O) groups excluding carboxylic acids is 1. The molecule has 0 spiro atoms. The minimum absolute atomic E-state index is 0.0100. The maximum absolute atomic E-state index is 12.2. The summed E-state index contributed by atoms with van der Waals surface area (Å²) in [6.07, 6.45) is 2.00. The van der Waals surface area contributed by atoms with Crippen LogP contribution in [0.5, 0.6) is 5.75 Å². The Kier molecular flexibility index (Phi) is 6.80. The Balaban J connectivity index is 1.76. The summed E-state index contributed by atoms with van der Waals surface area (Å²) in [5, 5.41) is 0.950. The summed E-state index contributed by atoms with van der Waals surface area (Å²) in [4.78, 5) is 14.0. The van der Waals surface area contributed by atoms with Crippen LogP contribution in [0.3, 0.4) is 0 Å². The van der Waals surface area contributed by atoms with Gasteiger partial charge in [-0.3, -0.25) is 4.79 Å². The molecule has 0 aliphatic carbocycles. The van der Waals surface area contributed by atoms with E-state index in [-0.39, 0.29) is 12.5 Å². The second kappa shape index (κ2) is 8.61. The van der Waals surface area contributed by atoms with Gasteiger partial charge in [-0.15, -0.1) is 0 Å². The molecule has 0 saturated carbocycles. The minimum atomic E-state index is -0.0241. The van der Waals surface area contributed by atoms with E-state index in [1.807, 2.05) is 4.90 Å². The first-order chi connectivity index (χ1) is 10.6. The van der Waals surface area contributed by atoms with Crippen LogP contribution in [-0.4, -0.2) is 43.7 Å². The van der Waals surface area contributed by atoms with Crippen LogP contribution in [0.2, 0.25) is 10.0 Å². The van der Waals surface area contributed by atoms with Gasteiger partial charge in [-0.05, 0) is 31.0 Å². The number of nitrogens with zero attached hydrogens (tertiary/aromatic N) is 1. The van der Waals surface area contributed by atoms with E-state index in [0.717, 1.165) is 39.1 Å². The van der Waals surface area contributed by atoms with Gasteiger partial charge in [0.05, 0.1) is 11.6 Å². The first-order valence-electron chi connectivity index (χ1n) is 7.53. The zero-order valence-electron chi connectivity index (χ0n) is 12.7. The van der Waals surface area contributed by atoms with Crippen LogP contribution >= 0.6 is 23.2 Å². The molecule has 1 heterocycles. The van der Waals surface area contributed by atoms with Crippen molar-refractivity contribution in [3.05, 3.63) is 28.2 Å². The van der Waals surface area contributed by atoms with Crippen molar-refractivity contribution in [2.45, 2.75) is 19.8 Å². The van der Waals surface area contributed by atoms with Gasteiger partial charge >= 0.3 is 0 Å². The number of amides is 1. The molecule has 1 aliphatic rings. The standard InChI is InChI=1S/C16H21Cl2NO3/c1-2-7-21-10-12-5-6-19(9-12)16(20)11-22-15-4-3-13(17)8-14(15)18/h3-4,8,12H,2,5-7,9-11H2,1H3/t12-/m0/s1. The number of ether oxygens (including phenoxy) is 2. The minimum Gasteiger partial charge on any atom is -0.482 e. The van der Waals surface area contributed by atoms with E-state index in [1.54, 1.807) is 18.2 Å². The normalized spacial score (nSPS) is 17.8. The van der Waals surface area contributed by atoms with Crippen LogP contribution in [0.25, 0.3) is 0 Å². The summed E-state index contributed by atoms with van der Waals surface area (Å²) in [6.45, 7) is 5.08. The Morgan fingerprint density at radius 1 is 1.41 bits per heavy atom. The number of carbonyl (C=O) groups is 1. The van der Waals surface area contributed by atoms with Crippen molar-refractivity contribution in [2.24, 2.45) is 5.92 Å². The predicted molar refractivity (Wildman–Crippen MR) is 87.8 cm³/mol. The van der Waals surface area contributed by atoms with Crippen molar-refractivity contribution >= 4 is 29.1 Å². The first kappa shape index (κ1) is 17.4. The van der Waals surface area contributed by atoms with Gasteiger partial charge in [0.2, 0.25) is 0 Å². The van der Waals surface area contributed by atoms with Gasteiger partial charge < -0.3 is 14.4 Å². The zero-order chi connectivity index (χ0) is 15.9. The molecule has 1 aromatic rings. The summed E-state index contributed by atoms with van der Waals surface area (Å²) in [6, 6.07) is 4.95. The Morgan fingerprint density at radius 3 is 2.95 bits per heavy atom. The van der Waals surface area contributed by atoms with E-state index in [2.05, 4.69) is 6.92 Å². The second-order valence-electron chi connectivity index (χ2n) is 5.43. The molecule has 2 rings (SSSR count). The maximum atomic E-state index is 12.2. The third-order valence-corrected chi connectivity index (χ3v) is 4.12. The molecule has 1 fully saturated rings. The van der Waals surface area contributed by atoms with Crippen molar-refractivity contribution < 1.29 is 14.3 Å². The van der Waals surface area contributed by atoms with Crippen molar-refractivity contribution in [3.63, 3.8) is 0 Å². The van der Waals surface area contributed by atoms with E-state index >= 15 is 0 Å². The molecule has 0 bridgehead atoms. The molecule has 0 unspecified atom stereocenters. The van der Waals surface area contributed by atoms with Crippen LogP contribution in [0, 0.1) is 5.92 Å². The third-order valence-electron chi connectivity index (χ3n) is 3.59. The molecular weight excluding hydrogens is 325 g/mol. The van der Waals surface area contributed by atoms with Gasteiger partial charge in [0.25, 0.3) is 5.91 Å². The SMILES string of the molecule is CCCOC[C@H]1CCN(C(=O)COc2ccc(Cl)cc2Cl)C1. The van der Waals surface area contributed by atoms with Crippen molar-refractivity contribution in [2.75, 3.05) is 32.9 Å². The third kappa shape index (κ3) is 5.04.